The molecule has 0 radical (unpaired) electrons. The summed E-state index contributed by atoms with van der Waals surface area (Å²) in [5, 5.41) is 2.52. The van der Waals surface area contributed by atoms with Gasteiger partial charge < -0.3 is 14.8 Å². The lowest BCUT2D eigenvalue weighted by Crippen LogP contribution is -2.46. The van der Waals surface area contributed by atoms with Crippen LogP contribution in [0.25, 0.3) is 0 Å². The summed E-state index contributed by atoms with van der Waals surface area (Å²) in [5.41, 5.74) is 3.90. The molecule has 3 aliphatic carbocycles. The predicted octanol–water partition coefficient (Wildman–Crippen LogP) is 5.29. The van der Waals surface area contributed by atoms with E-state index in [2.05, 4.69) is 37.4 Å². The lowest BCUT2D eigenvalue weighted by atomic mass is 9.55. The molecule has 5 heteroatoms. The fourth-order valence-corrected chi connectivity index (χ4v) is 6.52. The summed E-state index contributed by atoms with van der Waals surface area (Å²) < 4.78 is 11.1. The molecule has 0 spiro atoms. The van der Waals surface area contributed by atoms with Gasteiger partial charge in [-0.05, 0) is 95.1 Å². The molecule has 2 fully saturated rings. The highest BCUT2D eigenvalue weighted by atomic mass is 16.6. The number of fused-ring (bicyclic) bond motifs is 5. The van der Waals surface area contributed by atoms with Crippen LogP contribution >= 0.6 is 0 Å². The van der Waals surface area contributed by atoms with E-state index in [0.29, 0.717) is 17.8 Å². The van der Waals surface area contributed by atoms with Gasteiger partial charge in [0.25, 0.3) is 0 Å². The normalized spacial score (nSPS) is 31.8. The Morgan fingerprint density at radius 3 is 2.68 bits per heavy atom. The molecule has 5 atom stereocenters. The smallest absolute Gasteiger partial charge is 0.408 e. The van der Waals surface area contributed by atoms with Crippen LogP contribution in [0.2, 0.25) is 0 Å². The van der Waals surface area contributed by atoms with Gasteiger partial charge in [0.05, 0.1) is 0 Å². The Morgan fingerprint density at radius 1 is 1.16 bits per heavy atom. The van der Waals surface area contributed by atoms with E-state index < -0.39 is 11.7 Å². The monoisotopic (exact) mass is 427 g/mol. The maximum Gasteiger partial charge on any atom is 0.408 e. The minimum Gasteiger partial charge on any atom is -0.460 e. The molecular weight excluding hydrogens is 390 g/mol. The third kappa shape index (κ3) is 4.47. The molecule has 1 aromatic rings. The largest absolute Gasteiger partial charge is 0.460 e. The predicted molar refractivity (Wildman–Crippen MR) is 120 cm³/mol. The molecule has 0 saturated heterocycles. The summed E-state index contributed by atoms with van der Waals surface area (Å²) in [4.78, 5) is 24.3. The zero-order chi connectivity index (χ0) is 22.4. The van der Waals surface area contributed by atoms with Crippen molar-refractivity contribution in [3.63, 3.8) is 0 Å². The van der Waals surface area contributed by atoms with Crippen molar-refractivity contribution in [3.8, 4) is 0 Å². The first-order chi connectivity index (χ1) is 14.6. The standard InChI is InChI=1S/C26H37NO4/c1-16-6-8-18-17(14-16)7-9-20-19(18)12-13-26(5)21(20)10-11-22(26)30-23(28)15-27-24(29)31-25(2,3)4/h6,8,14,19-22H,7,9-13,15H2,1-5H3,(H,27,29)/t19?,20?,21?,22-,26-/m0/s1. The Morgan fingerprint density at radius 2 is 1.94 bits per heavy atom. The summed E-state index contributed by atoms with van der Waals surface area (Å²) in [7, 11) is 0. The minimum atomic E-state index is -0.587. The topological polar surface area (TPSA) is 64.6 Å². The van der Waals surface area contributed by atoms with E-state index in [1.54, 1.807) is 31.9 Å². The van der Waals surface area contributed by atoms with E-state index >= 15 is 0 Å². The highest BCUT2D eigenvalue weighted by Crippen LogP contribution is 2.61. The number of rotatable bonds is 3. The maximum atomic E-state index is 12.5. The highest BCUT2D eigenvalue weighted by Gasteiger charge is 2.56. The van der Waals surface area contributed by atoms with Crippen LogP contribution in [-0.2, 0) is 20.7 Å². The highest BCUT2D eigenvalue weighted by molar-refractivity contribution is 5.78. The Balaban J connectivity index is 1.38. The second-order valence-corrected chi connectivity index (χ2v) is 11.1. The Bertz CT molecular complexity index is 857. The average Bonchev–Trinajstić information content (AvgIpc) is 3.01. The quantitative estimate of drug-likeness (QED) is 0.666. The van der Waals surface area contributed by atoms with Gasteiger partial charge in [0.15, 0.2) is 0 Å². The molecule has 2 saturated carbocycles. The molecule has 0 heterocycles. The number of ether oxygens (including phenoxy) is 2. The molecule has 0 aromatic heterocycles. The number of benzene rings is 1. The molecule has 3 aliphatic rings. The van der Waals surface area contributed by atoms with E-state index in [-0.39, 0.29) is 24.0 Å². The summed E-state index contributed by atoms with van der Waals surface area (Å²) in [6.45, 7) is 9.75. The zero-order valence-electron chi connectivity index (χ0n) is 19.6. The number of carbonyl (C=O) groups is 2. The number of nitrogens with one attached hydrogen (secondary N) is 1. The number of carbonyl (C=O) groups excluding carboxylic acids is 2. The van der Waals surface area contributed by atoms with Crippen molar-refractivity contribution in [2.45, 2.75) is 90.8 Å². The van der Waals surface area contributed by atoms with E-state index in [9.17, 15) is 9.59 Å². The number of amides is 1. The molecule has 4 rings (SSSR count). The maximum absolute atomic E-state index is 12.5. The number of hydrogen-bond acceptors (Lipinski definition) is 4. The first kappa shape index (κ1) is 22.2. The van der Waals surface area contributed by atoms with E-state index in [1.165, 1.54) is 12.0 Å². The first-order valence-corrected chi connectivity index (χ1v) is 11.8. The molecule has 1 N–H and O–H groups in total. The van der Waals surface area contributed by atoms with Gasteiger partial charge in [-0.25, -0.2) is 4.79 Å². The van der Waals surface area contributed by atoms with E-state index in [1.807, 2.05) is 0 Å². The summed E-state index contributed by atoms with van der Waals surface area (Å²) >= 11 is 0. The molecule has 3 unspecified atom stereocenters. The van der Waals surface area contributed by atoms with Crippen molar-refractivity contribution >= 4 is 12.1 Å². The van der Waals surface area contributed by atoms with E-state index in [0.717, 1.165) is 32.1 Å². The van der Waals surface area contributed by atoms with Crippen LogP contribution in [0.1, 0.15) is 82.4 Å². The summed E-state index contributed by atoms with van der Waals surface area (Å²) in [5.74, 6) is 1.55. The van der Waals surface area contributed by atoms with Crippen molar-refractivity contribution in [1.82, 2.24) is 5.32 Å². The van der Waals surface area contributed by atoms with Crippen molar-refractivity contribution < 1.29 is 19.1 Å². The molecule has 0 aliphatic heterocycles. The van der Waals surface area contributed by atoms with Crippen LogP contribution in [0.5, 0.6) is 0 Å². The fourth-order valence-electron chi connectivity index (χ4n) is 6.52. The van der Waals surface area contributed by atoms with Crippen molar-refractivity contribution in [2.75, 3.05) is 6.54 Å². The third-order valence-corrected chi connectivity index (χ3v) is 7.84. The molecule has 0 bridgehead atoms. The van der Waals surface area contributed by atoms with Crippen molar-refractivity contribution in [2.24, 2.45) is 17.3 Å². The first-order valence-electron chi connectivity index (χ1n) is 11.8. The van der Waals surface area contributed by atoms with Crippen LogP contribution in [0, 0.1) is 24.2 Å². The van der Waals surface area contributed by atoms with Crippen molar-refractivity contribution in [1.29, 1.82) is 0 Å². The number of alkyl carbamates (subject to hydrolysis) is 1. The molecule has 1 amide bonds. The third-order valence-electron chi connectivity index (χ3n) is 7.84. The minimum absolute atomic E-state index is 0.0327. The SMILES string of the molecule is Cc1ccc2c(c1)CCC1C2CC[C@@]2(C)C1CC[C@@H]2OC(=O)CNC(=O)OC(C)(C)C. The van der Waals surface area contributed by atoms with Gasteiger partial charge in [0.2, 0.25) is 0 Å². The van der Waals surface area contributed by atoms with Crippen LogP contribution in [0.4, 0.5) is 4.79 Å². The lowest BCUT2D eigenvalue weighted by molar-refractivity contribution is -0.156. The van der Waals surface area contributed by atoms with E-state index in [4.69, 9.17) is 9.47 Å². The Kier molecular flexibility index (Phi) is 5.82. The van der Waals surface area contributed by atoms with Crippen molar-refractivity contribution in [3.05, 3.63) is 34.9 Å². The molecule has 31 heavy (non-hydrogen) atoms. The average molecular weight is 428 g/mol. The summed E-state index contributed by atoms with van der Waals surface area (Å²) in [6, 6.07) is 6.99. The van der Waals surface area contributed by atoms with Crippen LogP contribution in [0.15, 0.2) is 18.2 Å². The lowest BCUT2D eigenvalue weighted by Gasteiger charge is -2.50. The van der Waals surface area contributed by atoms with Gasteiger partial charge >= 0.3 is 12.1 Å². The van der Waals surface area contributed by atoms with Gasteiger partial charge in [-0.1, -0.05) is 30.7 Å². The molecule has 5 nitrogen and oxygen atoms in total. The zero-order valence-corrected chi connectivity index (χ0v) is 19.6. The van der Waals surface area contributed by atoms with Gasteiger partial charge in [-0.2, -0.15) is 0 Å². The van der Waals surface area contributed by atoms with Crippen LogP contribution < -0.4 is 5.32 Å². The number of esters is 1. The number of hydrogen-bond donors (Lipinski definition) is 1. The van der Waals surface area contributed by atoms with Gasteiger partial charge in [-0.3, -0.25) is 4.79 Å². The number of aryl methyl sites for hydroxylation is 2. The Hall–Kier alpha value is -2.04. The molecule has 170 valence electrons. The van der Waals surface area contributed by atoms with Gasteiger partial charge in [-0.15, -0.1) is 0 Å². The van der Waals surface area contributed by atoms with Gasteiger partial charge in [0, 0.05) is 5.41 Å². The van der Waals surface area contributed by atoms with Gasteiger partial charge in [0.1, 0.15) is 18.2 Å². The van der Waals surface area contributed by atoms with Crippen LogP contribution in [-0.4, -0.2) is 30.3 Å². The second-order valence-electron chi connectivity index (χ2n) is 11.1. The Labute approximate surface area is 186 Å². The second kappa shape index (κ2) is 8.14. The van der Waals surface area contributed by atoms with Crippen LogP contribution in [0.3, 0.4) is 0 Å². The summed E-state index contributed by atoms with van der Waals surface area (Å²) in [6.07, 6.45) is 6.04. The molecular formula is C26H37NO4. The fraction of sp³-hybridized carbons (Fsp3) is 0.692. The molecule has 1 aromatic carbocycles.